The molecule has 0 spiro atoms. The number of nitrogens with zero attached hydrogens (tertiary/aromatic N) is 1. The Kier molecular flexibility index (Phi) is 19.5. The standard InChI is InChI=1S/C22H45N3O3/c1-3-4-5-6-7-8-9-10-11-12-13-14-15-16-17-18-19-24-22(23)25-28-21(27)20(2)26/h20,26H,3-19H2,1-2H3,(H3,23,24,25). The normalized spacial score (nSPS) is 12.8. The lowest BCUT2D eigenvalue weighted by atomic mass is 10.0. The number of hydrogen-bond donors (Lipinski definition) is 3. The first kappa shape index (κ1) is 26.7. The van der Waals surface area contributed by atoms with Gasteiger partial charge in [0.05, 0.1) is 0 Å². The number of rotatable bonds is 18. The molecule has 1 atom stereocenters. The maximum absolute atomic E-state index is 11.0. The lowest BCUT2D eigenvalue weighted by Gasteiger charge is -2.07. The number of aliphatic hydroxyl groups is 1. The second-order valence-electron chi connectivity index (χ2n) is 7.77. The molecule has 0 fully saturated rings. The molecule has 4 N–H and O–H groups in total. The van der Waals surface area contributed by atoms with Gasteiger partial charge in [-0.2, -0.15) is 5.48 Å². The van der Waals surface area contributed by atoms with Crippen LogP contribution in [0.25, 0.3) is 0 Å². The number of aliphatic hydroxyl groups excluding tert-OH is 1. The number of nitrogens with two attached hydrogens (primary N) is 1. The third-order valence-corrected chi connectivity index (χ3v) is 4.89. The van der Waals surface area contributed by atoms with Crippen molar-refractivity contribution in [2.75, 3.05) is 6.54 Å². The summed E-state index contributed by atoms with van der Waals surface area (Å²) < 4.78 is 0. The molecule has 0 aliphatic rings. The van der Waals surface area contributed by atoms with Gasteiger partial charge in [-0.25, -0.2) is 4.79 Å². The number of aliphatic imine (C=N–C) groups is 1. The van der Waals surface area contributed by atoms with E-state index in [1.54, 1.807) is 0 Å². The SMILES string of the molecule is CCCCCCCCCCCCCCCCCCN=C(N)NOC(=O)C(C)O. The molecule has 0 heterocycles. The predicted octanol–water partition coefficient (Wildman–Crippen LogP) is 4.99. The summed E-state index contributed by atoms with van der Waals surface area (Å²) >= 11 is 0. The van der Waals surface area contributed by atoms with Crippen LogP contribution in [0.3, 0.4) is 0 Å². The zero-order chi connectivity index (χ0) is 20.9. The van der Waals surface area contributed by atoms with Gasteiger partial charge in [0, 0.05) is 6.54 Å². The molecular formula is C22H45N3O3. The van der Waals surface area contributed by atoms with Crippen molar-refractivity contribution in [3.8, 4) is 0 Å². The van der Waals surface area contributed by atoms with Gasteiger partial charge in [0.1, 0.15) is 0 Å². The van der Waals surface area contributed by atoms with Crippen LogP contribution in [0.5, 0.6) is 0 Å². The Bertz CT molecular complexity index is 387. The van der Waals surface area contributed by atoms with E-state index >= 15 is 0 Å². The van der Waals surface area contributed by atoms with Crippen LogP contribution >= 0.6 is 0 Å². The molecule has 0 aliphatic heterocycles. The highest BCUT2D eigenvalue weighted by molar-refractivity contribution is 5.80. The van der Waals surface area contributed by atoms with Gasteiger partial charge in [0.2, 0.25) is 5.96 Å². The highest BCUT2D eigenvalue weighted by atomic mass is 16.7. The molecule has 0 aromatic carbocycles. The molecule has 0 aromatic heterocycles. The van der Waals surface area contributed by atoms with Crippen molar-refractivity contribution in [2.45, 2.75) is 123 Å². The Hall–Kier alpha value is -1.30. The van der Waals surface area contributed by atoms with Crippen molar-refractivity contribution < 1.29 is 14.7 Å². The molecule has 0 saturated heterocycles. The van der Waals surface area contributed by atoms with Gasteiger partial charge >= 0.3 is 5.97 Å². The fraction of sp³-hybridized carbons (Fsp3) is 0.909. The monoisotopic (exact) mass is 399 g/mol. The zero-order valence-electron chi connectivity index (χ0n) is 18.4. The van der Waals surface area contributed by atoms with Gasteiger partial charge < -0.3 is 15.7 Å². The number of carbonyl (C=O) groups excluding carboxylic acids is 1. The molecule has 0 saturated carbocycles. The van der Waals surface area contributed by atoms with Crippen LogP contribution in [0.1, 0.15) is 117 Å². The summed E-state index contributed by atoms with van der Waals surface area (Å²) in [5.74, 6) is -0.712. The number of hydroxylamine groups is 1. The summed E-state index contributed by atoms with van der Waals surface area (Å²) in [7, 11) is 0. The molecule has 6 nitrogen and oxygen atoms in total. The van der Waals surface area contributed by atoms with E-state index in [1.165, 1.54) is 96.8 Å². The van der Waals surface area contributed by atoms with E-state index in [0.29, 0.717) is 6.54 Å². The number of nitrogens with one attached hydrogen (secondary N) is 1. The van der Waals surface area contributed by atoms with Gasteiger partial charge in [-0.3, -0.25) is 4.99 Å². The van der Waals surface area contributed by atoms with Crippen LogP contribution in [0, 0.1) is 0 Å². The fourth-order valence-corrected chi connectivity index (χ4v) is 3.08. The Balaban J connectivity index is 3.25. The van der Waals surface area contributed by atoms with E-state index < -0.39 is 12.1 Å². The molecule has 28 heavy (non-hydrogen) atoms. The molecule has 0 rings (SSSR count). The number of guanidine groups is 1. The van der Waals surface area contributed by atoms with Crippen molar-refractivity contribution in [1.29, 1.82) is 0 Å². The summed E-state index contributed by atoms with van der Waals surface area (Å²) in [4.78, 5) is 19.7. The van der Waals surface area contributed by atoms with Crippen LogP contribution in [0.15, 0.2) is 4.99 Å². The van der Waals surface area contributed by atoms with Crippen LogP contribution in [0.2, 0.25) is 0 Å². The Labute approximate surface area is 172 Å². The van der Waals surface area contributed by atoms with Crippen LogP contribution in [-0.2, 0) is 9.63 Å². The van der Waals surface area contributed by atoms with Crippen molar-refractivity contribution >= 4 is 11.9 Å². The third-order valence-electron chi connectivity index (χ3n) is 4.89. The zero-order valence-corrected chi connectivity index (χ0v) is 18.4. The Morgan fingerprint density at radius 1 is 0.857 bits per heavy atom. The Morgan fingerprint density at radius 3 is 1.64 bits per heavy atom. The van der Waals surface area contributed by atoms with Gasteiger partial charge in [-0.05, 0) is 13.3 Å². The molecule has 0 aliphatic carbocycles. The minimum atomic E-state index is -1.18. The lowest BCUT2D eigenvalue weighted by molar-refractivity contribution is -0.156. The summed E-state index contributed by atoms with van der Waals surface area (Å²) in [5, 5.41) is 8.97. The van der Waals surface area contributed by atoms with Crippen molar-refractivity contribution in [2.24, 2.45) is 10.7 Å². The molecule has 0 aromatic rings. The average Bonchev–Trinajstić information content (AvgIpc) is 2.68. The maximum atomic E-state index is 11.0. The summed E-state index contributed by atoms with van der Waals surface area (Å²) in [6.07, 6.45) is 20.2. The summed E-state index contributed by atoms with van der Waals surface area (Å²) in [6.45, 7) is 4.21. The number of hydrogen-bond acceptors (Lipinski definition) is 4. The minimum absolute atomic E-state index is 0.0648. The molecule has 166 valence electrons. The van der Waals surface area contributed by atoms with Gasteiger partial charge in [-0.15, -0.1) is 0 Å². The quantitative estimate of drug-likeness (QED) is 0.130. The van der Waals surface area contributed by atoms with Crippen LogP contribution in [-0.4, -0.2) is 29.7 Å². The van der Waals surface area contributed by atoms with E-state index in [4.69, 9.17) is 10.8 Å². The maximum Gasteiger partial charge on any atom is 0.360 e. The molecule has 0 amide bonds. The first-order valence-corrected chi connectivity index (χ1v) is 11.5. The average molecular weight is 400 g/mol. The minimum Gasteiger partial charge on any atom is -0.382 e. The first-order chi connectivity index (χ1) is 13.6. The topological polar surface area (TPSA) is 96.9 Å². The van der Waals surface area contributed by atoms with Crippen LogP contribution in [0.4, 0.5) is 0 Å². The van der Waals surface area contributed by atoms with Crippen molar-refractivity contribution in [1.82, 2.24) is 5.48 Å². The van der Waals surface area contributed by atoms with Crippen LogP contribution < -0.4 is 11.2 Å². The highest BCUT2D eigenvalue weighted by Gasteiger charge is 2.10. The molecule has 0 bridgehead atoms. The Morgan fingerprint density at radius 2 is 1.25 bits per heavy atom. The van der Waals surface area contributed by atoms with Crippen molar-refractivity contribution in [3.63, 3.8) is 0 Å². The van der Waals surface area contributed by atoms with Crippen molar-refractivity contribution in [3.05, 3.63) is 0 Å². The van der Waals surface area contributed by atoms with Gasteiger partial charge in [0.15, 0.2) is 6.10 Å². The largest absolute Gasteiger partial charge is 0.382 e. The molecule has 1 unspecified atom stereocenters. The highest BCUT2D eigenvalue weighted by Crippen LogP contribution is 2.13. The smallest absolute Gasteiger partial charge is 0.360 e. The van der Waals surface area contributed by atoms with Gasteiger partial charge in [0.25, 0.3) is 0 Å². The number of carbonyl (C=O) groups is 1. The van der Waals surface area contributed by atoms with E-state index in [1.807, 2.05) is 0 Å². The summed E-state index contributed by atoms with van der Waals surface area (Å²) in [5.41, 5.74) is 7.81. The molecular weight excluding hydrogens is 354 g/mol. The second-order valence-corrected chi connectivity index (χ2v) is 7.77. The lowest BCUT2D eigenvalue weighted by Crippen LogP contribution is -2.36. The predicted molar refractivity (Wildman–Crippen MR) is 117 cm³/mol. The van der Waals surface area contributed by atoms with E-state index in [9.17, 15) is 4.79 Å². The third kappa shape index (κ3) is 19.5. The molecule has 0 radical (unpaired) electrons. The van der Waals surface area contributed by atoms with E-state index in [-0.39, 0.29) is 5.96 Å². The first-order valence-electron chi connectivity index (χ1n) is 11.5. The summed E-state index contributed by atoms with van der Waals surface area (Å²) in [6, 6.07) is 0. The van der Waals surface area contributed by atoms with E-state index in [0.717, 1.165) is 12.8 Å². The fourth-order valence-electron chi connectivity index (χ4n) is 3.08. The van der Waals surface area contributed by atoms with E-state index in [2.05, 4.69) is 22.2 Å². The number of unbranched alkanes of at least 4 members (excludes halogenated alkanes) is 15. The van der Waals surface area contributed by atoms with Gasteiger partial charge in [-0.1, -0.05) is 103 Å². The second kappa shape index (κ2) is 20.4. The molecule has 6 heteroatoms.